The third-order valence-electron chi connectivity index (χ3n) is 4.85. The summed E-state index contributed by atoms with van der Waals surface area (Å²) in [6.07, 6.45) is 1.88. The van der Waals surface area contributed by atoms with Gasteiger partial charge in [0.25, 0.3) is 0 Å². The minimum absolute atomic E-state index is 0.109. The van der Waals surface area contributed by atoms with E-state index in [0.717, 1.165) is 22.0 Å². The fraction of sp³-hybridized carbons (Fsp3) is 0.0833. The molecule has 0 aliphatic rings. The zero-order valence-corrected chi connectivity index (χ0v) is 17.0. The molecule has 0 aliphatic carbocycles. The van der Waals surface area contributed by atoms with Crippen LogP contribution in [0.4, 0.5) is 5.69 Å². The third-order valence-corrected chi connectivity index (χ3v) is 5.09. The van der Waals surface area contributed by atoms with Gasteiger partial charge in [0, 0.05) is 22.1 Å². The fourth-order valence-corrected chi connectivity index (χ4v) is 3.57. The number of carbonyl (C=O) groups excluding carboxylic acids is 2. The Hall–Kier alpha value is -3.57. The SMILES string of the molecule is COC(=O)c1cc(Cl)ccc1NC(=O)Cn1ccc2cc(-c3ccccc3)ccc21. The first-order valence-electron chi connectivity index (χ1n) is 9.37. The number of anilines is 1. The Bertz CT molecular complexity index is 1230. The van der Waals surface area contributed by atoms with Gasteiger partial charge in [-0.1, -0.05) is 48.0 Å². The number of carbonyl (C=O) groups is 2. The van der Waals surface area contributed by atoms with Crippen molar-refractivity contribution in [1.82, 2.24) is 4.57 Å². The van der Waals surface area contributed by atoms with Gasteiger partial charge >= 0.3 is 5.97 Å². The van der Waals surface area contributed by atoms with Crippen molar-refractivity contribution in [3.8, 4) is 11.1 Å². The van der Waals surface area contributed by atoms with E-state index in [1.54, 1.807) is 12.1 Å². The second-order valence-corrected chi connectivity index (χ2v) is 7.25. The first kappa shape index (κ1) is 19.7. The van der Waals surface area contributed by atoms with Crippen LogP contribution in [0.15, 0.2) is 79.0 Å². The van der Waals surface area contributed by atoms with Crippen LogP contribution in [0.1, 0.15) is 10.4 Å². The number of fused-ring (bicyclic) bond motifs is 1. The number of aromatic nitrogens is 1. The van der Waals surface area contributed by atoms with Crippen LogP contribution in [0.2, 0.25) is 5.02 Å². The average Bonchev–Trinajstić information content (AvgIpc) is 3.16. The molecule has 0 aliphatic heterocycles. The van der Waals surface area contributed by atoms with E-state index < -0.39 is 5.97 Å². The van der Waals surface area contributed by atoms with E-state index in [4.69, 9.17) is 16.3 Å². The predicted molar refractivity (Wildman–Crippen MR) is 119 cm³/mol. The number of hydrogen-bond donors (Lipinski definition) is 1. The van der Waals surface area contributed by atoms with Gasteiger partial charge in [-0.25, -0.2) is 4.79 Å². The van der Waals surface area contributed by atoms with Gasteiger partial charge in [-0.15, -0.1) is 0 Å². The summed E-state index contributed by atoms with van der Waals surface area (Å²) in [5.41, 5.74) is 3.79. The summed E-state index contributed by atoms with van der Waals surface area (Å²) in [5.74, 6) is -0.820. The topological polar surface area (TPSA) is 60.3 Å². The molecule has 1 aromatic heterocycles. The van der Waals surface area contributed by atoms with E-state index >= 15 is 0 Å². The van der Waals surface area contributed by atoms with Gasteiger partial charge in [0.2, 0.25) is 5.91 Å². The molecule has 1 N–H and O–H groups in total. The van der Waals surface area contributed by atoms with Crippen LogP contribution in [0.25, 0.3) is 22.0 Å². The molecule has 0 saturated carbocycles. The van der Waals surface area contributed by atoms with Crippen LogP contribution in [0.5, 0.6) is 0 Å². The van der Waals surface area contributed by atoms with Gasteiger partial charge in [0.1, 0.15) is 6.54 Å². The van der Waals surface area contributed by atoms with Gasteiger partial charge in [0.05, 0.1) is 18.4 Å². The summed E-state index contributed by atoms with van der Waals surface area (Å²) in [6, 6.07) is 22.9. The molecule has 4 rings (SSSR count). The highest BCUT2D eigenvalue weighted by atomic mass is 35.5. The minimum Gasteiger partial charge on any atom is -0.465 e. The van der Waals surface area contributed by atoms with Crippen molar-refractivity contribution in [2.45, 2.75) is 6.54 Å². The third kappa shape index (κ3) is 4.07. The summed E-state index contributed by atoms with van der Waals surface area (Å²) in [7, 11) is 1.28. The van der Waals surface area contributed by atoms with Gasteiger partial charge in [-0.05, 0) is 47.5 Å². The Morgan fingerprint density at radius 3 is 2.53 bits per heavy atom. The van der Waals surface area contributed by atoms with Crippen LogP contribution in [-0.2, 0) is 16.1 Å². The van der Waals surface area contributed by atoms with Crippen LogP contribution in [0.3, 0.4) is 0 Å². The van der Waals surface area contributed by atoms with Crippen molar-refractivity contribution in [2.75, 3.05) is 12.4 Å². The van der Waals surface area contributed by atoms with Crippen molar-refractivity contribution in [1.29, 1.82) is 0 Å². The van der Waals surface area contributed by atoms with E-state index in [1.807, 2.05) is 47.2 Å². The van der Waals surface area contributed by atoms with E-state index in [-0.39, 0.29) is 18.0 Å². The monoisotopic (exact) mass is 418 g/mol. The Labute approximate surface area is 178 Å². The lowest BCUT2D eigenvalue weighted by molar-refractivity contribution is -0.116. The number of ether oxygens (including phenoxy) is 1. The normalized spacial score (nSPS) is 10.7. The average molecular weight is 419 g/mol. The summed E-state index contributed by atoms with van der Waals surface area (Å²) >= 11 is 5.97. The second kappa shape index (κ2) is 8.43. The highest BCUT2D eigenvalue weighted by Crippen LogP contribution is 2.26. The Morgan fingerprint density at radius 1 is 0.967 bits per heavy atom. The fourth-order valence-electron chi connectivity index (χ4n) is 3.40. The molecular weight excluding hydrogens is 400 g/mol. The van der Waals surface area contributed by atoms with E-state index in [1.165, 1.54) is 13.2 Å². The number of hydrogen-bond acceptors (Lipinski definition) is 3. The molecule has 0 fully saturated rings. The number of amides is 1. The molecule has 5 nitrogen and oxygen atoms in total. The van der Waals surface area contributed by atoms with Crippen molar-refractivity contribution < 1.29 is 14.3 Å². The minimum atomic E-state index is -0.562. The molecule has 0 saturated heterocycles. The smallest absolute Gasteiger partial charge is 0.340 e. The summed E-state index contributed by atoms with van der Waals surface area (Å²) in [4.78, 5) is 24.6. The number of halogens is 1. The van der Waals surface area contributed by atoms with Crippen molar-refractivity contribution in [2.24, 2.45) is 0 Å². The Kier molecular flexibility index (Phi) is 5.55. The quantitative estimate of drug-likeness (QED) is 0.442. The Morgan fingerprint density at radius 2 is 1.77 bits per heavy atom. The number of benzene rings is 3. The van der Waals surface area contributed by atoms with E-state index in [9.17, 15) is 9.59 Å². The maximum absolute atomic E-state index is 12.6. The maximum atomic E-state index is 12.6. The predicted octanol–water partition coefficient (Wildman–Crippen LogP) is 5.39. The highest BCUT2D eigenvalue weighted by Gasteiger charge is 2.15. The lowest BCUT2D eigenvalue weighted by atomic mass is 10.0. The molecule has 0 unspecified atom stereocenters. The zero-order valence-electron chi connectivity index (χ0n) is 16.3. The molecule has 1 heterocycles. The summed E-state index contributed by atoms with van der Waals surface area (Å²) < 4.78 is 6.64. The van der Waals surface area contributed by atoms with Gasteiger partial charge < -0.3 is 14.6 Å². The lowest BCUT2D eigenvalue weighted by Crippen LogP contribution is -2.20. The standard InChI is InChI=1S/C24H19ClN2O3/c1-30-24(29)20-14-19(25)8-9-21(20)26-23(28)15-27-12-11-18-13-17(7-10-22(18)27)16-5-3-2-4-6-16/h2-14H,15H2,1H3,(H,26,28). The van der Waals surface area contributed by atoms with Crippen molar-refractivity contribution in [3.63, 3.8) is 0 Å². The molecule has 150 valence electrons. The van der Waals surface area contributed by atoms with Gasteiger partial charge in [0.15, 0.2) is 0 Å². The molecular formula is C24H19ClN2O3. The van der Waals surface area contributed by atoms with E-state index in [0.29, 0.717) is 10.7 Å². The molecule has 1 amide bonds. The molecule has 0 spiro atoms. The van der Waals surface area contributed by atoms with Crippen LogP contribution in [0, 0.1) is 0 Å². The lowest BCUT2D eigenvalue weighted by Gasteiger charge is -2.11. The molecule has 3 aromatic carbocycles. The molecule has 0 atom stereocenters. The summed E-state index contributed by atoms with van der Waals surface area (Å²) in [5, 5.41) is 4.21. The Balaban J connectivity index is 1.55. The summed E-state index contributed by atoms with van der Waals surface area (Å²) in [6.45, 7) is 0.109. The van der Waals surface area contributed by atoms with Gasteiger partial charge in [-0.2, -0.15) is 0 Å². The van der Waals surface area contributed by atoms with Crippen LogP contribution < -0.4 is 5.32 Å². The van der Waals surface area contributed by atoms with Crippen molar-refractivity contribution in [3.05, 3.63) is 89.6 Å². The van der Waals surface area contributed by atoms with Crippen molar-refractivity contribution >= 4 is 40.1 Å². The largest absolute Gasteiger partial charge is 0.465 e. The molecule has 0 radical (unpaired) electrons. The first-order valence-corrected chi connectivity index (χ1v) is 9.75. The van der Waals surface area contributed by atoms with E-state index in [2.05, 4.69) is 23.5 Å². The maximum Gasteiger partial charge on any atom is 0.340 e. The number of rotatable bonds is 5. The molecule has 6 heteroatoms. The van der Waals surface area contributed by atoms with Crippen LogP contribution >= 0.6 is 11.6 Å². The second-order valence-electron chi connectivity index (χ2n) is 6.81. The number of nitrogens with one attached hydrogen (secondary N) is 1. The molecule has 0 bridgehead atoms. The van der Waals surface area contributed by atoms with Crippen LogP contribution in [-0.4, -0.2) is 23.6 Å². The van der Waals surface area contributed by atoms with Gasteiger partial charge in [-0.3, -0.25) is 4.79 Å². The first-order chi connectivity index (χ1) is 14.5. The highest BCUT2D eigenvalue weighted by molar-refractivity contribution is 6.31. The number of esters is 1. The number of nitrogens with zero attached hydrogens (tertiary/aromatic N) is 1. The zero-order chi connectivity index (χ0) is 21.1. The molecule has 30 heavy (non-hydrogen) atoms. The molecule has 4 aromatic rings. The number of methoxy groups -OCH3 is 1.